The quantitative estimate of drug-likeness (QED) is 0.826. The van der Waals surface area contributed by atoms with Gasteiger partial charge in [0.05, 0.1) is 6.10 Å². The second-order valence-corrected chi connectivity index (χ2v) is 6.95. The van der Waals surface area contributed by atoms with Gasteiger partial charge in [0.25, 0.3) is 0 Å². The largest absolute Gasteiger partial charge is 0.377 e. The van der Waals surface area contributed by atoms with Crippen LogP contribution < -0.4 is 5.32 Å². The van der Waals surface area contributed by atoms with Crippen LogP contribution in [0.3, 0.4) is 0 Å². The minimum absolute atomic E-state index is 0.410. The van der Waals surface area contributed by atoms with E-state index in [0.717, 1.165) is 18.8 Å². The molecule has 0 bridgehead atoms. The molecule has 3 heteroatoms. The van der Waals surface area contributed by atoms with Crippen molar-refractivity contribution in [1.29, 1.82) is 0 Å². The number of ether oxygens (including phenoxy) is 1. The van der Waals surface area contributed by atoms with Crippen molar-refractivity contribution in [3.8, 4) is 0 Å². The number of nitrogens with one attached hydrogen (secondary N) is 1. The van der Waals surface area contributed by atoms with Crippen molar-refractivity contribution in [2.24, 2.45) is 0 Å². The fraction of sp³-hybridized carbons (Fsp3) is 0.647. The molecule has 112 valence electrons. The number of hydrogen-bond acceptors (Lipinski definition) is 3. The number of rotatable bonds is 7. The van der Waals surface area contributed by atoms with Gasteiger partial charge in [0, 0.05) is 23.7 Å². The second kappa shape index (κ2) is 8.06. The van der Waals surface area contributed by atoms with Gasteiger partial charge in [-0.2, -0.15) is 11.8 Å². The first-order valence-corrected chi connectivity index (χ1v) is 8.78. The van der Waals surface area contributed by atoms with Crippen molar-refractivity contribution >= 4 is 11.8 Å². The van der Waals surface area contributed by atoms with E-state index in [4.69, 9.17) is 4.74 Å². The zero-order valence-electron chi connectivity index (χ0n) is 12.9. The first kappa shape index (κ1) is 15.9. The van der Waals surface area contributed by atoms with Crippen molar-refractivity contribution in [3.63, 3.8) is 0 Å². The van der Waals surface area contributed by atoms with E-state index in [0.29, 0.717) is 17.4 Å². The third-order valence-corrected chi connectivity index (χ3v) is 5.46. The summed E-state index contributed by atoms with van der Waals surface area (Å²) in [7, 11) is 2.06. The minimum Gasteiger partial charge on any atom is -0.377 e. The van der Waals surface area contributed by atoms with Gasteiger partial charge in [-0.1, -0.05) is 38.1 Å². The van der Waals surface area contributed by atoms with E-state index in [9.17, 15) is 0 Å². The van der Waals surface area contributed by atoms with Gasteiger partial charge in [-0.05, 0) is 37.4 Å². The van der Waals surface area contributed by atoms with Crippen molar-refractivity contribution in [3.05, 3.63) is 35.4 Å². The summed E-state index contributed by atoms with van der Waals surface area (Å²) in [6, 6.07) is 9.44. The van der Waals surface area contributed by atoms with Crippen LogP contribution in [-0.4, -0.2) is 30.8 Å². The summed E-state index contributed by atoms with van der Waals surface area (Å²) >= 11 is 2.02. The van der Waals surface area contributed by atoms with Crippen molar-refractivity contribution < 1.29 is 4.74 Å². The van der Waals surface area contributed by atoms with E-state index < -0.39 is 0 Å². The predicted octanol–water partition coefficient (Wildman–Crippen LogP) is 3.81. The molecular formula is C17H27NOS. The Kier molecular flexibility index (Phi) is 6.40. The zero-order chi connectivity index (χ0) is 14.4. The molecule has 20 heavy (non-hydrogen) atoms. The Morgan fingerprint density at radius 3 is 2.65 bits per heavy atom. The van der Waals surface area contributed by atoms with Crippen molar-refractivity contribution in [1.82, 2.24) is 5.32 Å². The molecule has 1 saturated heterocycles. The van der Waals surface area contributed by atoms with Gasteiger partial charge in [0.2, 0.25) is 0 Å². The Bertz CT molecular complexity index is 386. The predicted molar refractivity (Wildman–Crippen MR) is 88.5 cm³/mol. The van der Waals surface area contributed by atoms with Crippen LogP contribution in [0.2, 0.25) is 0 Å². The minimum atomic E-state index is 0.410. The van der Waals surface area contributed by atoms with Crippen LogP contribution in [0.4, 0.5) is 0 Å². The van der Waals surface area contributed by atoms with Gasteiger partial charge in [0.1, 0.15) is 0 Å². The Morgan fingerprint density at radius 1 is 1.35 bits per heavy atom. The lowest BCUT2D eigenvalue weighted by Crippen LogP contribution is -2.26. The number of aryl methyl sites for hydroxylation is 1. The van der Waals surface area contributed by atoms with E-state index in [1.165, 1.54) is 24.0 Å². The smallest absolute Gasteiger partial charge is 0.0666 e. The van der Waals surface area contributed by atoms with Gasteiger partial charge in [-0.15, -0.1) is 0 Å². The lowest BCUT2D eigenvalue weighted by molar-refractivity contribution is 0.128. The van der Waals surface area contributed by atoms with Crippen molar-refractivity contribution in [2.45, 2.75) is 50.5 Å². The van der Waals surface area contributed by atoms with E-state index in [2.05, 4.69) is 50.5 Å². The normalized spacial score (nSPS) is 21.9. The number of hydrogen-bond donors (Lipinski definition) is 1. The fourth-order valence-electron chi connectivity index (χ4n) is 2.76. The van der Waals surface area contributed by atoms with Gasteiger partial charge < -0.3 is 10.1 Å². The molecule has 1 N–H and O–H groups in total. The highest BCUT2D eigenvalue weighted by Crippen LogP contribution is 2.29. The molecule has 0 saturated carbocycles. The van der Waals surface area contributed by atoms with Crippen LogP contribution in [0, 0.1) is 0 Å². The first-order chi connectivity index (χ1) is 9.74. The highest BCUT2D eigenvalue weighted by atomic mass is 32.2. The molecule has 3 atom stereocenters. The summed E-state index contributed by atoms with van der Waals surface area (Å²) in [5, 5.41) is 4.02. The summed E-state index contributed by atoms with van der Waals surface area (Å²) in [5.41, 5.74) is 2.79. The average Bonchev–Trinajstić information content (AvgIpc) is 3.00. The van der Waals surface area contributed by atoms with Crippen LogP contribution >= 0.6 is 11.8 Å². The molecule has 1 aliphatic rings. The van der Waals surface area contributed by atoms with Crippen molar-refractivity contribution in [2.75, 3.05) is 19.4 Å². The lowest BCUT2D eigenvalue weighted by atomic mass is 10.0. The van der Waals surface area contributed by atoms with Gasteiger partial charge in [-0.3, -0.25) is 0 Å². The van der Waals surface area contributed by atoms with Crippen LogP contribution in [0.5, 0.6) is 0 Å². The number of benzene rings is 1. The number of thioether (sulfide) groups is 1. The maximum absolute atomic E-state index is 5.71. The Balaban J connectivity index is 1.91. The molecule has 0 spiro atoms. The molecular weight excluding hydrogens is 266 g/mol. The summed E-state index contributed by atoms with van der Waals surface area (Å²) in [4.78, 5) is 0. The van der Waals surface area contributed by atoms with E-state index in [1.807, 2.05) is 11.8 Å². The molecule has 0 radical (unpaired) electrons. The van der Waals surface area contributed by atoms with Crippen LogP contribution in [0.15, 0.2) is 24.3 Å². The molecule has 3 unspecified atom stereocenters. The maximum Gasteiger partial charge on any atom is 0.0666 e. The van der Waals surface area contributed by atoms with E-state index in [-0.39, 0.29) is 0 Å². The first-order valence-electron chi connectivity index (χ1n) is 7.74. The van der Waals surface area contributed by atoms with Crippen LogP contribution in [0.25, 0.3) is 0 Å². The molecule has 1 aromatic rings. The van der Waals surface area contributed by atoms with Gasteiger partial charge in [0.15, 0.2) is 0 Å². The zero-order valence-corrected chi connectivity index (χ0v) is 13.7. The SMILES string of the molecule is CCc1ccc(C(NC)C(C)SCC2CCCO2)cc1. The molecule has 0 aromatic heterocycles. The fourth-order valence-corrected chi connectivity index (χ4v) is 4.03. The van der Waals surface area contributed by atoms with Gasteiger partial charge in [-0.25, -0.2) is 0 Å². The molecule has 0 aliphatic carbocycles. The molecule has 1 aliphatic heterocycles. The Hall–Kier alpha value is -0.510. The Morgan fingerprint density at radius 2 is 2.10 bits per heavy atom. The molecule has 0 amide bonds. The lowest BCUT2D eigenvalue weighted by Gasteiger charge is -2.25. The highest BCUT2D eigenvalue weighted by molar-refractivity contribution is 7.99. The third-order valence-electron chi connectivity index (χ3n) is 4.10. The summed E-state index contributed by atoms with van der Waals surface area (Å²) in [6.45, 7) is 5.46. The summed E-state index contributed by atoms with van der Waals surface area (Å²) < 4.78 is 5.71. The molecule has 2 nitrogen and oxygen atoms in total. The maximum atomic E-state index is 5.71. The summed E-state index contributed by atoms with van der Waals surface area (Å²) in [5.74, 6) is 1.12. The third kappa shape index (κ3) is 4.24. The van der Waals surface area contributed by atoms with Gasteiger partial charge >= 0.3 is 0 Å². The Labute approximate surface area is 127 Å². The standard InChI is InChI=1S/C17H27NOS/c1-4-14-7-9-15(10-8-14)17(18-3)13(2)20-12-16-6-5-11-19-16/h7-10,13,16-18H,4-6,11-12H2,1-3H3. The van der Waals surface area contributed by atoms with Crippen LogP contribution in [-0.2, 0) is 11.2 Å². The topological polar surface area (TPSA) is 21.3 Å². The molecule has 1 heterocycles. The molecule has 1 aromatic carbocycles. The average molecular weight is 293 g/mol. The second-order valence-electron chi connectivity index (χ2n) is 5.53. The molecule has 2 rings (SSSR count). The van der Waals surface area contributed by atoms with E-state index in [1.54, 1.807) is 0 Å². The van der Waals surface area contributed by atoms with Crippen LogP contribution in [0.1, 0.15) is 43.9 Å². The van der Waals surface area contributed by atoms with E-state index >= 15 is 0 Å². The monoisotopic (exact) mass is 293 g/mol. The molecule has 1 fully saturated rings. The summed E-state index contributed by atoms with van der Waals surface area (Å²) in [6.07, 6.45) is 4.04. The highest BCUT2D eigenvalue weighted by Gasteiger charge is 2.21.